The molecule has 2 rings (SSSR count). The highest BCUT2D eigenvalue weighted by molar-refractivity contribution is 7.79. The van der Waals surface area contributed by atoms with E-state index in [1.807, 2.05) is 74.5 Å². The molecule has 0 saturated carbocycles. The standard InChI is InChI=1S/C18H23N2O2P/c1-3-15(2)20(19)18(21)14-23(22,16-10-6-4-7-11-16)17-12-8-5-9-13-17/h4-13,15H,3,14,19H2,1-2H3. The van der Waals surface area contributed by atoms with Crippen molar-refractivity contribution in [3.05, 3.63) is 60.7 Å². The first-order valence-electron chi connectivity index (χ1n) is 7.76. The third-order valence-electron chi connectivity index (χ3n) is 4.06. The minimum atomic E-state index is -3.06. The molecule has 2 N–H and O–H groups in total. The molecule has 122 valence electrons. The summed E-state index contributed by atoms with van der Waals surface area (Å²) in [5.41, 5.74) is 0. The number of carbonyl (C=O) groups excluding carboxylic acids is 1. The molecule has 0 bridgehead atoms. The molecule has 1 unspecified atom stereocenters. The van der Waals surface area contributed by atoms with E-state index in [2.05, 4.69) is 0 Å². The van der Waals surface area contributed by atoms with E-state index in [1.54, 1.807) is 0 Å². The van der Waals surface area contributed by atoms with Gasteiger partial charge in [0.05, 0.1) is 6.16 Å². The molecule has 4 nitrogen and oxygen atoms in total. The Kier molecular flexibility index (Phi) is 5.75. The number of nitrogens with zero attached hydrogens (tertiary/aromatic N) is 1. The number of benzene rings is 2. The van der Waals surface area contributed by atoms with Crippen LogP contribution in [-0.2, 0) is 9.36 Å². The van der Waals surface area contributed by atoms with Crippen LogP contribution in [0.4, 0.5) is 0 Å². The van der Waals surface area contributed by atoms with Crippen molar-refractivity contribution in [3.63, 3.8) is 0 Å². The molecule has 0 radical (unpaired) electrons. The van der Waals surface area contributed by atoms with Crippen molar-refractivity contribution in [2.24, 2.45) is 5.84 Å². The van der Waals surface area contributed by atoms with Crippen LogP contribution in [0.3, 0.4) is 0 Å². The highest BCUT2D eigenvalue weighted by Gasteiger charge is 2.32. The summed E-state index contributed by atoms with van der Waals surface area (Å²) >= 11 is 0. The Morgan fingerprint density at radius 2 is 1.48 bits per heavy atom. The van der Waals surface area contributed by atoms with Gasteiger partial charge in [0, 0.05) is 16.7 Å². The van der Waals surface area contributed by atoms with E-state index >= 15 is 0 Å². The fourth-order valence-corrected chi connectivity index (χ4v) is 4.90. The Morgan fingerprint density at radius 1 is 1.04 bits per heavy atom. The van der Waals surface area contributed by atoms with Gasteiger partial charge < -0.3 is 4.57 Å². The predicted octanol–water partition coefficient (Wildman–Crippen LogP) is 2.50. The van der Waals surface area contributed by atoms with Crippen molar-refractivity contribution in [2.45, 2.75) is 26.3 Å². The summed E-state index contributed by atoms with van der Waals surface area (Å²) < 4.78 is 13.7. The largest absolute Gasteiger partial charge is 0.313 e. The average Bonchev–Trinajstić information content (AvgIpc) is 2.61. The quantitative estimate of drug-likeness (QED) is 0.383. The third kappa shape index (κ3) is 3.90. The molecule has 5 heteroatoms. The molecule has 0 heterocycles. The van der Waals surface area contributed by atoms with E-state index < -0.39 is 7.14 Å². The van der Waals surface area contributed by atoms with Crippen molar-refractivity contribution in [1.29, 1.82) is 0 Å². The Labute approximate surface area is 137 Å². The van der Waals surface area contributed by atoms with Gasteiger partial charge in [0.2, 0.25) is 5.91 Å². The fraction of sp³-hybridized carbons (Fsp3) is 0.278. The van der Waals surface area contributed by atoms with Crippen LogP contribution in [0.15, 0.2) is 60.7 Å². The number of hydrogen-bond donors (Lipinski definition) is 1. The van der Waals surface area contributed by atoms with Crippen LogP contribution in [-0.4, -0.2) is 23.1 Å². The molecule has 0 aliphatic carbocycles. The van der Waals surface area contributed by atoms with E-state index in [0.29, 0.717) is 10.6 Å². The van der Waals surface area contributed by atoms with E-state index in [0.717, 1.165) is 6.42 Å². The maximum absolute atomic E-state index is 13.7. The molecule has 2 aromatic carbocycles. The van der Waals surface area contributed by atoms with Gasteiger partial charge in [-0.05, 0) is 13.3 Å². The molecule has 23 heavy (non-hydrogen) atoms. The third-order valence-corrected chi connectivity index (χ3v) is 7.04. The van der Waals surface area contributed by atoms with Crippen molar-refractivity contribution in [1.82, 2.24) is 5.01 Å². The first-order chi connectivity index (χ1) is 11.0. The lowest BCUT2D eigenvalue weighted by atomic mass is 10.2. The Bertz CT molecular complexity index is 645. The molecule has 1 atom stereocenters. The van der Waals surface area contributed by atoms with Crippen LogP contribution in [0, 0.1) is 0 Å². The lowest BCUT2D eigenvalue weighted by Gasteiger charge is -2.26. The zero-order valence-corrected chi connectivity index (χ0v) is 14.4. The summed E-state index contributed by atoms with van der Waals surface area (Å²) in [5.74, 6) is 5.60. The van der Waals surface area contributed by atoms with Crippen molar-refractivity contribution in [2.75, 3.05) is 6.16 Å². The zero-order chi connectivity index (χ0) is 16.9. The lowest BCUT2D eigenvalue weighted by Crippen LogP contribution is -2.46. The molecule has 0 aliphatic rings. The molecule has 0 fully saturated rings. The summed E-state index contributed by atoms with van der Waals surface area (Å²) in [7, 11) is -3.06. The van der Waals surface area contributed by atoms with E-state index in [4.69, 9.17) is 5.84 Å². The van der Waals surface area contributed by atoms with Gasteiger partial charge in [0.15, 0.2) is 7.14 Å². The van der Waals surface area contributed by atoms with Crippen LogP contribution < -0.4 is 16.5 Å². The topological polar surface area (TPSA) is 63.4 Å². The van der Waals surface area contributed by atoms with E-state index in [1.165, 1.54) is 5.01 Å². The maximum atomic E-state index is 13.7. The van der Waals surface area contributed by atoms with E-state index in [-0.39, 0.29) is 18.1 Å². The summed E-state index contributed by atoms with van der Waals surface area (Å²) in [5, 5.41) is 2.56. The first kappa shape index (κ1) is 17.5. The SMILES string of the molecule is CCC(C)N(N)C(=O)CP(=O)(c1ccccc1)c1ccccc1. The predicted molar refractivity (Wildman–Crippen MR) is 95.4 cm³/mol. The number of carbonyl (C=O) groups is 1. The van der Waals surface area contributed by atoms with Gasteiger partial charge in [-0.25, -0.2) is 5.84 Å². The molecular weight excluding hydrogens is 307 g/mol. The molecule has 2 aromatic rings. The number of hydrogen-bond acceptors (Lipinski definition) is 3. The van der Waals surface area contributed by atoms with Gasteiger partial charge in [0.1, 0.15) is 0 Å². The van der Waals surface area contributed by atoms with Crippen LogP contribution in [0.1, 0.15) is 20.3 Å². The maximum Gasteiger partial charge on any atom is 0.244 e. The molecule has 1 amide bonds. The Balaban J connectivity index is 2.40. The normalized spacial score (nSPS) is 12.7. The van der Waals surface area contributed by atoms with E-state index in [9.17, 15) is 9.36 Å². The van der Waals surface area contributed by atoms with Gasteiger partial charge in [-0.2, -0.15) is 0 Å². The molecule has 0 spiro atoms. The van der Waals surface area contributed by atoms with Crippen molar-refractivity contribution < 1.29 is 9.36 Å². The average molecular weight is 330 g/mol. The molecular formula is C18H23N2O2P. The second kappa shape index (κ2) is 7.58. The van der Waals surface area contributed by atoms with Crippen LogP contribution in [0.2, 0.25) is 0 Å². The van der Waals surface area contributed by atoms with Gasteiger partial charge in [-0.1, -0.05) is 67.6 Å². The highest BCUT2D eigenvalue weighted by atomic mass is 31.2. The molecule has 0 saturated heterocycles. The number of nitrogens with two attached hydrogens (primary N) is 1. The van der Waals surface area contributed by atoms with Gasteiger partial charge in [-0.15, -0.1) is 0 Å². The second-order valence-electron chi connectivity index (χ2n) is 5.63. The first-order valence-corrected chi connectivity index (χ1v) is 9.65. The van der Waals surface area contributed by atoms with Crippen LogP contribution in [0.5, 0.6) is 0 Å². The summed E-state index contributed by atoms with van der Waals surface area (Å²) in [6, 6.07) is 18.3. The minimum Gasteiger partial charge on any atom is -0.313 e. The summed E-state index contributed by atoms with van der Waals surface area (Å²) in [6.07, 6.45) is 0.658. The second-order valence-corrected chi connectivity index (χ2v) is 8.46. The van der Waals surface area contributed by atoms with Gasteiger partial charge >= 0.3 is 0 Å². The number of rotatable bonds is 6. The van der Waals surface area contributed by atoms with Gasteiger partial charge in [0.25, 0.3) is 0 Å². The Morgan fingerprint density at radius 3 is 1.87 bits per heavy atom. The molecule has 0 aromatic heterocycles. The fourth-order valence-electron chi connectivity index (χ4n) is 2.38. The summed E-state index contributed by atoms with van der Waals surface area (Å²) in [6.45, 7) is 3.85. The molecule has 0 aliphatic heterocycles. The highest BCUT2D eigenvalue weighted by Crippen LogP contribution is 2.43. The van der Waals surface area contributed by atoms with Gasteiger partial charge in [-0.3, -0.25) is 9.80 Å². The lowest BCUT2D eigenvalue weighted by molar-refractivity contribution is -0.130. The van der Waals surface area contributed by atoms with Crippen LogP contribution in [0.25, 0.3) is 0 Å². The smallest absolute Gasteiger partial charge is 0.244 e. The number of amides is 1. The zero-order valence-electron chi connectivity index (χ0n) is 13.6. The van der Waals surface area contributed by atoms with Crippen molar-refractivity contribution >= 4 is 23.7 Å². The minimum absolute atomic E-state index is 0.0810. The van der Waals surface area contributed by atoms with Crippen molar-refractivity contribution in [3.8, 4) is 0 Å². The Hall–Kier alpha value is -1.90. The summed E-state index contributed by atoms with van der Waals surface area (Å²) in [4.78, 5) is 12.5. The van der Waals surface area contributed by atoms with Crippen LogP contribution >= 0.6 is 7.14 Å². The monoisotopic (exact) mass is 330 g/mol. The number of hydrazine groups is 1.